The number of hydrogen-bond donors (Lipinski definition) is 2. The van der Waals surface area contributed by atoms with Crippen LogP contribution in [0.5, 0.6) is 11.5 Å². The fourth-order valence-corrected chi connectivity index (χ4v) is 1.76. The minimum Gasteiger partial charge on any atom is -0.504 e. The monoisotopic (exact) mass is 222 g/mol. The molecular formula is C13H18O3. The van der Waals surface area contributed by atoms with Gasteiger partial charge in [0, 0.05) is 0 Å². The summed E-state index contributed by atoms with van der Waals surface area (Å²) in [5, 5.41) is 19.3. The van der Waals surface area contributed by atoms with E-state index >= 15 is 0 Å². The van der Waals surface area contributed by atoms with Crippen LogP contribution in [0.4, 0.5) is 0 Å². The number of aliphatic hydroxyl groups is 1. The first-order valence-corrected chi connectivity index (χ1v) is 5.80. The van der Waals surface area contributed by atoms with E-state index in [1.165, 1.54) is 0 Å². The van der Waals surface area contributed by atoms with Crippen LogP contribution in [0.1, 0.15) is 31.7 Å². The maximum absolute atomic E-state index is 9.74. The van der Waals surface area contributed by atoms with Crippen molar-refractivity contribution in [1.82, 2.24) is 0 Å². The van der Waals surface area contributed by atoms with Gasteiger partial charge in [0.05, 0.1) is 12.2 Å². The third kappa shape index (κ3) is 2.67. The van der Waals surface area contributed by atoms with E-state index in [0.29, 0.717) is 12.4 Å². The summed E-state index contributed by atoms with van der Waals surface area (Å²) in [4.78, 5) is 0. The smallest absolute Gasteiger partial charge is 0.161 e. The highest BCUT2D eigenvalue weighted by Gasteiger charge is 2.39. The van der Waals surface area contributed by atoms with Crippen molar-refractivity contribution in [2.45, 2.75) is 38.2 Å². The van der Waals surface area contributed by atoms with Gasteiger partial charge >= 0.3 is 0 Å². The number of aromatic hydroxyl groups is 1. The van der Waals surface area contributed by atoms with Gasteiger partial charge in [0.1, 0.15) is 0 Å². The highest BCUT2D eigenvalue weighted by molar-refractivity contribution is 5.41. The molecule has 1 fully saturated rings. The minimum absolute atomic E-state index is 0.177. The topological polar surface area (TPSA) is 49.7 Å². The molecule has 3 nitrogen and oxygen atoms in total. The van der Waals surface area contributed by atoms with Gasteiger partial charge in [0.25, 0.3) is 0 Å². The van der Waals surface area contributed by atoms with Crippen molar-refractivity contribution in [3.63, 3.8) is 0 Å². The molecule has 88 valence electrons. The van der Waals surface area contributed by atoms with E-state index < -0.39 is 5.60 Å². The molecule has 2 rings (SSSR count). The van der Waals surface area contributed by atoms with Crippen LogP contribution in [0.3, 0.4) is 0 Å². The summed E-state index contributed by atoms with van der Waals surface area (Å²) in [6.07, 6.45) is 3.47. The van der Waals surface area contributed by atoms with Crippen molar-refractivity contribution in [3.8, 4) is 11.5 Å². The summed E-state index contributed by atoms with van der Waals surface area (Å²) in [6, 6.07) is 5.38. The molecule has 2 N–H and O–H groups in total. The van der Waals surface area contributed by atoms with E-state index in [0.717, 1.165) is 31.2 Å². The fourth-order valence-electron chi connectivity index (χ4n) is 1.76. The molecule has 1 aliphatic carbocycles. The van der Waals surface area contributed by atoms with Crippen LogP contribution in [0.15, 0.2) is 18.2 Å². The van der Waals surface area contributed by atoms with Crippen LogP contribution >= 0.6 is 0 Å². The summed E-state index contributed by atoms with van der Waals surface area (Å²) in [6.45, 7) is 2.43. The number of aryl methyl sites for hydroxylation is 1. The molecule has 3 heteroatoms. The van der Waals surface area contributed by atoms with Crippen LogP contribution in [0.25, 0.3) is 0 Å². The van der Waals surface area contributed by atoms with Crippen LogP contribution in [-0.4, -0.2) is 22.4 Å². The number of phenolic OH excluding ortho intramolecular Hbond substituents is 1. The van der Waals surface area contributed by atoms with Crippen molar-refractivity contribution < 1.29 is 14.9 Å². The second-order valence-corrected chi connectivity index (χ2v) is 4.46. The summed E-state index contributed by atoms with van der Waals surface area (Å²) >= 11 is 0. The molecule has 0 heterocycles. The zero-order chi connectivity index (χ0) is 11.6. The molecule has 0 bridgehead atoms. The summed E-state index contributed by atoms with van der Waals surface area (Å²) in [7, 11) is 0. The molecule has 0 unspecified atom stereocenters. The Labute approximate surface area is 95.7 Å². The van der Waals surface area contributed by atoms with Crippen LogP contribution < -0.4 is 4.74 Å². The Hall–Kier alpha value is -1.22. The highest BCUT2D eigenvalue weighted by Crippen LogP contribution is 2.39. The predicted octanol–water partition coefficient (Wildman–Crippen LogP) is 2.25. The van der Waals surface area contributed by atoms with Gasteiger partial charge in [0.2, 0.25) is 0 Å². The number of phenols is 1. The van der Waals surface area contributed by atoms with Gasteiger partial charge in [-0.2, -0.15) is 0 Å². The van der Waals surface area contributed by atoms with Gasteiger partial charge in [-0.05, 0) is 50.3 Å². The SMILES string of the molecule is CCOc1cc(CCC2(O)CC2)ccc1O. The van der Waals surface area contributed by atoms with Gasteiger partial charge in [-0.3, -0.25) is 0 Å². The molecule has 0 atom stereocenters. The first kappa shape index (κ1) is 11.3. The quantitative estimate of drug-likeness (QED) is 0.803. The maximum atomic E-state index is 9.74. The van der Waals surface area contributed by atoms with E-state index in [2.05, 4.69) is 0 Å². The Morgan fingerprint density at radius 2 is 2.12 bits per heavy atom. The molecular weight excluding hydrogens is 204 g/mol. The molecule has 1 aromatic rings. The second kappa shape index (κ2) is 4.34. The lowest BCUT2D eigenvalue weighted by molar-refractivity contribution is 0.140. The van der Waals surface area contributed by atoms with Crippen LogP contribution in [0.2, 0.25) is 0 Å². The van der Waals surface area contributed by atoms with Gasteiger partial charge in [0.15, 0.2) is 11.5 Å². The Morgan fingerprint density at radius 1 is 1.38 bits per heavy atom. The third-order valence-electron chi connectivity index (χ3n) is 3.03. The van der Waals surface area contributed by atoms with Crippen molar-refractivity contribution in [3.05, 3.63) is 23.8 Å². The number of rotatable bonds is 5. The van der Waals surface area contributed by atoms with Gasteiger partial charge in [-0.25, -0.2) is 0 Å². The summed E-state index contributed by atoms with van der Waals surface area (Å²) < 4.78 is 5.31. The zero-order valence-corrected chi connectivity index (χ0v) is 9.57. The average molecular weight is 222 g/mol. The highest BCUT2D eigenvalue weighted by atomic mass is 16.5. The Kier molecular flexibility index (Phi) is 3.06. The zero-order valence-electron chi connectivity index (χ0n) is 9.57. The van der Waals surface area contributed by atoms with E-state index in [9.17, 15) is 10.2 Å². The number of ether oxygens (including phenoxy) is 1. The molecule has 1 aromatic carbocycles. The minimum atomic E-state index is -0.413. The Balaban J connectivity index is 2.00. The largest absolute Gasteiger partial charge is 0.504 e. The Morgan fingerprint density at radius 3 is 2.75 bits per heavy atom. The molecule has 0 saturated heterocycles. The third-order valence-corrected chi connectivity index (χ3v) is 3.03. The maximum Gasteiger partial charge on any atom is 0.161 e. The molecule has 0 amide bonds. The molecule has 0 aromatic heterocycles. The van der Waals surface area contributed by atoms with Crippen LogP contribution in [-0.2, 0) is 6.42 Å². The lowest BCUT2D eigenvalue weighted by Crippen LogP contribution is -2.07. The molecule has 1 aliphatic rings. The number of benzene rings is 1. The summed E-state index contributed by atoms with van der Waals surface area (Å²) in [5.41, 5.74) is 0.686. The molecule has 0 aliphatic heterocycles. The van der Waals surface area contributed by atoms with E-state index in [1.807, 2.05) is 19.1 Å². The lowest BCUT2D eigenvalue weighted by Gasteiger charge is -2.10. The van der Waals surface area contributed by atoms with Crippen LogP contribution in [0, 0.1) is 0 Å². The molecule has 0 spiro atoms. The fraction of sp³-hybridized carbons (Fsp3) is 0.538. The van der Waals surface area contributed by atoms with E-state index in [4.69, 9.17) is 4.74 Å². The number of hydrogen-bond acceptors (Lipinski definition) is 3. The van der Waals surface area contributed by atoms with Crippen molar-refractivity contribution in [2.24, 2.45) is 0 Å². The van der Waals surface area contributed by atoms with Gasteiger partial charge < -0.3 is 14.9 Å². The average Bonchev–Trinajstić information content (AvgIpc) is 2.99. The standard InChI is InChI=1S/C13H18O3/c1-2-16-12-9-10(3-4-11(12)14)5-6-13(15)7-8-13/h3-4,9,14-15H,2,5-8H2,1H3. The van der Waals surface area contributed by atoms with E-state index in [1.54, 1.807) is 6.07 Å². The first-order valence-electron chi connectivity index (χ1n) is 5.80. The molecule has 16 heavy (non-hydrogen) atoms. The van der Waals surface area contributed by atoms with Crippen molar-refractivity contribution in [1.29, 1.82) is 0 Å². The first-order chi connectivity index (χ1) is 7.63. The van der Waals surface area contributed by atoms with E-state index in [-0.39, 0.29) is 5.75 Å². The molecule has 1 saturated carbocycles. The van der Waals surface area contributed by atoms with Crippen molar-refractivity contribution >= 4 is 0 Å². The molecule has 0 radical (unpaired) electrons. The van der Waals surface area contributed by atoms with Gasteiger partial charge in [-0.15, -0.1) is 0 Å². The second-order valence-electron chi connectivity index (χ2n) is 4.46. The van der Waals surface area contributed by atoms with Gasteiger partial charge in [-0.1, -0.05) is 6.07 Å². The lowest BCUT2D eigenvalue weighted by atomic mass is 10.1. The van der Waals surface area contributed by atoms with Crippen molar-refractivity contribution in [2.75, 3.05) is 6.61 Å². The predicted molar refractivity (Wildman–Crippen MR) is 61.8 cm³/mol. The normalized spacial score (nSPS) is 17.1. The summed E-state index contributed by atoms with van der Waals surface area (Å²) in [5.74, 6) is 0.707. The Bertz CT molecular complexity index is 369.